The van der Waals surface area contributed by atoms with Crippen molar-refractivity contribution in [3.8, 4) is 0 Å². The molecule has 6 heteroatoms. The second-order valence-electron chi connectivity index (χ2n) is 6.83. The van der Waals surface area contributed by atoms with Gasteiger partial charge >= 0.3 is 5.97 Å². The molecule has 0 radical (unpaired) electrons. The molecular weight excluding hydrogens is 272 g/mol. The summed E-state index contributed by atoms with van der Waals surface area (Å²) in [7, 11) is 0. The second kappa shape index (κ2) is 6.45. The highest BCUT2D eigenvalue weighted by Gasteiger charge is 2.45. The first-order valence-corrected chi connectivity index (χ1v) is 7.42. The van der Waals surface area contributed by atoms with E-state index in [2.05, 4.69) is 5.32 Å². The molecule has 0 aliphatic carbocycles. The third kappa shape index (κ3) is 4.19. The van der Waals surface area contributed by atoms with Gasteiger partial charge in [0, 0.05) is 18.5 Å². The number of carbonyl (C=O) groups is 3. The van der Waals surface area contributed by atoms with Crippen LogP contribution in [0.5, 0.6) is 0 Å². The highest BCUT2D eigenvalue weighted by Crippen LogP contribution is 2.35. The predicted octanol–water partition coefficient (Wildman–Crippen LogP) is 1.25. The highest BCUT2D eigenvalue weighted by molar-refractivity contribution is 5.88. The number of rotatable bonds is 5. The molecule has 1 aliphatic heterocycles. The molecule has 1 fully saturated rings. The van der Waals surface area contributed by atoms with Crippen molar-refractivity contribution >= 4 is 17.8 Å². The lowest BCUT2D eigenvalue weighted by atomic mass is 9.83. The van der Waals surface area contributed by atoms with E-state index >= 15 is 0 Å². The number of carbonyl (C=O) groups excluding carboxylic acids is 2. The first-order chi connectivity index (χ1) is 9.62. The van der Waals surface area contributed by atoms with Crippen LogP contribution in [0.3, 0.4) is 0 Å². The maximum absolute atomic E-state index is 12.1. The largest absolute Gasteiger partial charge is 0.481 e. The standard InChI is InChI=1S/C15H26N2O4/c1-5-6-15(13(20)21)7-8-17(10-15)11(18)9-16-12(19)14(2,3)4/h5-10H2,1-4H3,(H,16,19)(H,20,21). The summed E-state index contributed by atoms with van der Waals surface area (Å²) in [6, 6.07) is 0. The van der Waals surface area contributed by atoms with Gasteiger partial charge in [-0.05, 0) is 12.8 Å². The predicted molar refractivity (Wildman–Crippen MR) is 78.6 cm³/mol. The molecule has 0 bridgehead atoms. The maximum Gasteiger partial charge on any atom is 0.311 e. The van der Waals surface area contributed by atoms with Crippen molar-refractivity contribution < 1.29 is 19.5 Å². The summed E-state index contributed by atoms with van der Waals surface area (Å²) < 4.78 is 0. The van der Waals surface area contributed by atoms with Crippen molar-refractivity contribution in [2.75, 3.05) is 19.6 Å². The summed E-state index contributed by atoms with van der Waals surface area (Å²) in [5.41, 5.74) is -1.36. The fraction of sp³-hybridized carbons (Fsp3) is 0.800. The van der Waals surface area contributed by atoms with Crippen molar-refractivity contribution in [3.63, 3.8) is 0 Å². The monoisotopic (exact) mass is 298 g/mol. The van der Waals surface area contributed by atoms with E-state index in [4.69, 9.17) is 0 Å². The smallest absolute Gasteiger partial charge is 0.311 e. The van der Waals surface area contributed by atoms with E-state index in [1.54, 1.807) is 25.7 Å². The normalized spacial score (nSPS) is 22.2. The van der Waals surface area contributed by atoms with Gasteiger partial charge in [0.25, 0.3) is 0 Å². The summed E-state index contributed by atoms with van der Waals surface area (Å²) in [5.74, 6) is -1.24. The maximum atomic E-state index is 12.1. The van der Waals surface area contributed by atoms with E-state index < -0.39 is 16.8 Å². The molecule has 2 amide bonds. The van der Waals surface area contributed by atoms with E-state index in [9.17, 15) is 19.5 Å². The third-order valence-electron chi connectivity index (χ3n) is 3.97. The van der Waals surface area contributed by atoms with Gasteiger partial charge in [0.1, 0.15) is 0 Å². The van der Waals surface area contributed by atoms with Crippen LogP contribution in [0, 0.1) is 10.8 Å². The molecule has 1 rings (SSSR count). The number of amides is 2. The Morgan fingerprint density at radius 3 is 2.38 bits per heavy atom. The van der Waals surface area contributed by atoms with Crippen molar-refractivity contribution in [1.82, 2.24) is 10.2 Å². The van der Waals surface area contributed by atoms with Crippen LogP contribution in [0.1, 0.15) is 47.0 Å². The number of aliphatic carboxylic acids is 1. The number of likely N-dealkylation sites (tertiary alicyclic amines) is 1. The van der Waals surface area contributed by atoms with Gasteiger partial charge < -0.3 is 15.3 Å². The average Bonchev–Trinajstić information content (AvgIpc) is 2.80. The van der Waals surface area contributed by atoms with E-state index in [1.165, 1.54) is 0 Å². The van der Waals surface area contributed by atoms with E-state index in [1.807, 2.05) is 6.92 Å². The zero-order chi connectivity index (χ0) is 16.3. The topological polar surface area (TPSA) is 86.7 Å². The van der Waals surface area contributed by atoms with Gasteiger partial charge in [-0.2, -0.15) is 0 Å². The third-order valence-corrected chi connectivity index (χ3v) is 3.97. The molecule has 21 heavy (non-hydrogen) atoms. The molecule has 0 aromatic rings. The Kier molecular flexibility index (Phi) is 5.36. The van der Waals surface area contributed by atoms with Crippen molar-refractivity contribution in [1.29, 1.82) is 0 Å². The summed E-state index contributed by atoms with van der Waals surface area (Å²) in [6.07, 6.45) is 1.82. The summed E-state index contributed by atoms with van der Waals surface area (Å²) in [6.45, 7) is 7.88. The lowest BCUT2D eigenvalue weighted by Gasteiger charge is -2.24. The molecule has 120 valence electrons. The van der Waals surface area contributed by atoms with Gasteiger partial charge in [-0.25, -0.2) is 0 Å². The number of hydrogen-bond donors (Lipinski definition) is 2. The first kappa shape index (κ1) is 17.5. The van der Waals surface area contributed by atoms with Crippen LogP contribution >= 0.6 is 0 Å². The van der Waals surface area contributed by atoms with Crippen LogP contribution in [0.25, 0.3) is 0 Å². The minimum Gasteiger partial charge on any atom is -0.481 e. The minimum atomic E-state index is -0.835. The van der Waals surface area contributed by atoms with Gasteiger partial charge in [0.15, 0.2) is 0 Å². The number of hydrogen-bond acceptors (Lipinski definition) is 3. The molecule has 0 saturated carbocycles. The van der Waals surface area contributed by atoms with Gasteiger partial charge in [0.2, 0.25) is 11.8 Å². The van der Waals surface area contributed by atoms with Gasteiger partial charge in [-0.1, -0.05) is 34.1 Å². The Morgan fingerprint density at radius 2 is 1.90 bits per heavy atom. The molecule has 0 aromatic heterocycles. The van der Waals surface area contributed by atoms with Crippen molar-refractivity contribution in [3.05, 3.63) is 0 Å². The Balaban J connectivity index is 2.58. The molecule has 2 N–H and O–H groups in total. The number of nitrogens with one attached hydrogen (secondary N) is 1. The summed E-state index contributed by atoms with van der Waals surface area (Å²) in [5, 5.41) is 12.0. The van der Waals surface area contributed by atoms with Crippen LogP contribution in [0.15, 0.2) is 0 Å². The molecule has 1 saturated heterocycles. The van der Waals surface area contributed by atoms with Crippen molar-refractivity contribution in [2.24, 2.45) is 10.8 Å². The van der Waals surface area contributed by atoms with Crippen LogP contribution in [-0.2, 0) is 14.4 Å². The zero-order valence-electron chi connectivity index (χ0n) is 13.4. The fourth-order valence-electron chi connectivity index (χ4n) is 2.58. The fourth-order valence-corrected chi connectivity index (χ4v) is 2.58. The molecule has 0 aromatic carbocycles. The number of nitrogens with zero attached hydrogens (tertiary/aromatic N) is 1. The molecule has 1 atom stereocenters. The molecule has 6 nitrogen and oxygen atoms in total. The molecule has 1 unspecified atom stereocenters. The van der Waals surface area contributed by atoms with E-state index in [0.717, 1.165) is 6.42 Å². The molecular formula is C15H26N2O4. The zero-order valence-corrected chi connectivity index (χ0v) is 13.4. The van der Waals surface area contributed by atoms with Gasteiger partial charge in [0.05, 0.1) is 12.0 Å². The first-order valence-electron chi connectivity index (χ1n) is 7.42. The van der Waals surface area contributed by atoms with Crippen LogP contribution in [0.2, 0.25) is 0 Å². The molecule has 1 heterocycles. The van der Waals surface area contributed by atoms with Crippen LogP contribution < -0.4 is 5.32 Å². The SMILES string of the molecule is CCCC1(C(=O)O)CCN(C(=O)CNC(=O)C(C)(C)C)C1. The quantitative estimate of drug-likeness (QED) is 0.800. The second-order valence-corrected chi connectivity index (χ2v) is 6.83. The van der Waals surface area contributed by atoms with Crippen LogP contribution in [0.4, 0.5) is 0 Å². The number of carboxylic acids is 1. The van der Waals surface area contributed by atoms with Crippen LogP contribution in [-0.4, -0.2) is 47.4 Å². The lowest BCUT2D eigenvalue weighted by molar-refractivity contribution is -0.149. The van der Waals surface area contributed by atoms with E-state index in [-0.39, 0.29) is 24.9 Å². The molecule has 1 aliphatic rings. The number of carboxylic acid groups (broad SMARTS) is 1. The molecule has 0 spiro atoms. The Morgan fingerprint density at radius 1 is 1.29 bits per heavy atom. The van der Waals surface area contributed by atoms with Gasteiger partial charge in [-0.15, -0.1) is 0 Å². The minimum absolute atomic E-state index is 0.0715. The Labute approximate surface area is 125 Å². The average molecular weight is 298 g/mol. The van der Waals surface area contributed by atoms with Gasteiger partial charge in [-0.3, -0.25) is 14.4 Å². The Bertz CT molecular complexity index is 428. The Hall–Kier alpha value is -1.59. The summed E-state index contributed by atoms with van der Waals surface area (Å²) in [4.78, 5) is 36.9. The highest BCUT2D eigenvalue weighted by atomic mass is 16.4. The summed E-state index contributed by atoms with van der Waals surface area (Å²) >= 11 is 0. The van der Waals surface area contributed by atoms with E-state index in [0.29, 0.717) is 19.4 Å². The van der Waals surface area contributed by atoms with Crippen molar-refractivity contribution in [2.45, 2.75) is 47.0 Å². The lowest BCUT2D eigenvalue weighted by Crippen LogP contribution is -2.44.